The van der Waals surface area contributed by atoms with Gasteiger partial charge in [-0.15, -0.1) is 0 Å². The number of carbonyl (C=O) groups is 1. The lowest BCUT2D eigenvalue weighted by atomic mass is 9.96. The summed E-state index contributed by atoms with van der Waals surface area (Å²) in [6.07, 6.45) is 2.10. The van der Waals surface area contributed by atoms with Gasteiger partial charge >= 0.3 is 0 Å². The molecule has 1 aliphatic rings. The number of likely N-dealkylation sites (tertiary alicyclic amines) is 1. The van der Waals surface area contributed by atoms with Crippen molar-refractivity contribution in [2.24, 2.45) is 17.6 Å². The Hall–Kier alpha value is -0.610. The van der Waals surface area contributed by atoms with Gasteiger partial charge in [0.25, 0.3) is 0 Å². The highest BCUT2D eigenvalue weighted by atomic mass is 16.1. The molecule has 0 saturated carbocycles. The lowest BCUT2D eigenvalue weighted by Gasteiger charge is -2.32. The third kappa shape index (κ3) is 4.64. The fourth-order valence-electron chi connectivity index (χ4n) is 2.12. The third-order valence-corrected chi connectivity index (χ3v) is 3.79. The van der Waals surface area contributed by atoms with Gasteiger partial charge in [-0.3, -0.25) is 4.79 Å². The molecule has 1 amide bonds. The Labute approximate surface area is 105 Å². The zero-order valence-electron chi connectivity index (χ0n) is 11.4. The van der Waals surface area contributed by atoms with Crippen molar-refractivity contribution in [2.75, 3.05) is 26.2 Å². The number of hydrogen-bond donors (Lipinski definition) is 2. The first-order valence-electron chi connectivity index (χ1n) is 6.77. The molecule has 0 aromatic carbocycles. The van der Waals surface area contributed by atoms with Gasteiger partial charge in [-0.05, 0) is 18.8 Å². The van der Waals surface area contributed by atoms with Crippen molar-refractivity contribution in [3.05, 3.63) is 0 Å². The number of piperidine rings is 1. The van der Waals surface area contributed by atoms with Crippen molar-refractivity contribution in [1.82, 2.24) is 10.2 Å². The zero-order valence-corrected chi connectivity index (χ0v) is 11.4. The first-order valence-corrected chi connectivity index (χ1v) is 6.77. The SMILES string of the molecule is CC(C)C(C)C(=O)NC1CCN(CCN)CC1. The molecule has 0 radical (unpaired) electrons. The summed E-state index contributed by atoms with van der Waals surface area (Å²) < 4.78 is 0. The van der Waals surface area contributed by atoms with E-state index in [2.05, 4.69) is 24.1 Å². The summed E-state index contributed by atoms with van der Waals surface area (Å²) in [5.74, 6) is 0.724. The van der Waals surface area contributed by atoms with Crippen molar-refractivity contribution in [3.8, 4) is 0 Å². The molecule has 0 aromatic heterocycles. The Morgan fingerprint density at radius 3 is 2.41 bits per heavy atom. The molecule has 4 nitrogen and oxygen atoms in total. The molecular weight excluding hydrogens is 214 g/mol. The minimum absolute atomic E-state index is 0.108. The van der Waals surface area contributed by atoms with E-state index in [0.29, 0.717) is 12.0 Å². The third-order valence-electron chi connectivity index (χ3n) is 3.79. The summed E-state index contributed by atoms with van der Waals surface area (Å²) in [6, 6.07) is 0.359. The Bertz CT molecular complexity index is 235. The molecule has 1 fully saturated rings. The highest BCUT2D eigenvalue weighted by Gasteiger charge is 2.23. The summed E-state index contributed by atoms with van der Waals surface area (Å²) in [4.78, 5) is 14.3. The van der Waals surface area contributed by atoms with Gasteiger partial charge in [-0.2, -0.15) is 0 Å². The van der Waals surface area contributed by atoms with E-state index in [0.717, 1.165) is 39.0 Å². The van der Waals surface area contributed by atoms with E-state index >= 15 is 0 Å². The average Bonchev–Trinajstić information content (AvgIpc) is 2.30. The predicted octanol–water partition coefficient (Wildman–Crippen LogP) is 0.818. The highest BCUT2D eigenvalue weighted by Crippen LogP contribution is 2.13. The second-order valence-corrected chi connectivity index (χ2v) is 5.45. The van der Waals surface area contributed by atoms with Gasteiger partial charge in [0.05, 0.1) is 0 Å². The van der Waals surface area contributed by atoms with Crippen molar-refractivity contribution in [1.29, 1.82) is 0 Å². The van der Waals surface area contributed by atoms with Crippen LogP contribution in [0, 0.1) is 11.8 Å². The predicted molar refractivity (Wildman–Crippen MR) is 70.7 cm³/mol. The summed E-state index contributed by atoms with van der Waals surface area (Å²) in [7, 11) is 0. The molecule has 100 valence electrons. The number of carbonyl (C=O) groups excluding carboxylic acids is 1. The minimum atomic E-state index is 0.108. The number of amides is 1. The van der Waals surface area contributed by atoms with Crippen molar-refractivity contribution >= 4 is 5.91 Å². The second kappa shape index (κ2) is 6.97. The summed E-state index contributed by atoms with van der Waals surface area (Å²) in [5.41, 5.74) is 5.54. The van der Waals surface area contributed by atoms with Crippen molar-refractivity contribution in [3.63, 3.8) is 0 Å². The lowest BCUT2D eigenvalue weighted by Crippen LogP contribution is -2.47. The molecule has 0 aliphatic carbocycles. The molecule has 0 spiro atoms. The van der Waals surface area contributed by atoms with Crippen molar-refractivity contribution in [2.45, 2.75) is 39.7 Å². The van der Waals surface area contributed by atoms with Crippen LogP contribution >= 0.6 is 0 Å². The molecular formula is C13H27N3O. The Morgan fingerprint density at radius 1 is 1.35 bits per heavy atom. The Morgan fingerprint density at radius 2 is 1.94 bits per heavy atom. The van der Waals surface area contributed by atoms with Gasteiger partial charge in [-0.25, -0.2) is 0 Å². The van der Waals surface area contributed by atoms with E-state index in [4.69, 9.17) is 5.73 Å². The quantitative estimate of drug-likeness (QED) is 0.749. The fraction of sp³-hybridized carbons (Fsp3) is 0.923. The highest BCUT2D eigenvalue weighted by molar-refractivity contribution is 5.78. The van der Waals surface area contributed by atoms with E-state index in [-0.39, 0.29) is 11.8 Å². The van der Waals surface area contributed by atoms with E-state index in [1.165, 1.54) is 0 Å². The number of nitrogens with two attached hydrogens (primary N) is 1. The number of hydrogen-bond acceptors (Lipinski definition) is 3. The van der Waals surface area contributed by atoms with Crippen LogP contribution in [0.1, 0.15) is 33.6 Å². The Balaban J connectivity index is 2.28. The van der Waals surface area contributed by atoms with Gasteiger partial charge < -0.3 is 16.0 Å². The summed E-state index contributed by atoms with van der Waals surface area (Å²) in [5, 5.41) is 3.17. The number of nitrogens with one attached hydrogen (secondary N) is 1. The zero-order chi connectivity index (χ0) is 12.8. The van der Waals surface area contributed by atoms with Crippen LogP contribution in [0.15, 0.2) is 0 Å². The topological polar surface area (TPSA) is 58.4 Å². The van der Waals surface area contributed by atoms with Gasteiger partial charge in [0.1, 0.15) is 0 Å². The van der Waals surface area contributed by atoms with E-state index in [1.807, 2.05) is 6.92 Å². The molecule has 1 rings (SSSR count). The average molecular weight is 241 g/mol. The van der Waals surface area contributed by atoms with Crippen LogP contribution in [0.2, 0.25) is 0 Å². The minimum Gasteiger partial charge on any atom is -0.353 e. The maximum Gasteiger partial charge on any atom is 0.223 e. The Kier molecular flexibility index (Phi) is 5.92. The molecule has 0 bridgehead atoms. The number of rotatable bonds is 5. The first-order chi connectivity index (χ1) is 8.04. The van der Waals surface area contributed by atoms with E-state index in [9.17, 15) is 4.79 Å². The number of nitrogens with zero attached hydrogens (tertiary/aromatic N) is 1. The normalized spacial score (nSPS) is 20.5. The molecule has 4 heteroatoms. The van der Waals surface area contributed by atoms with Crippen LogP contribution in [-0.4, -0.2) is 43.0 Å². The van der Waals surface area contributed by atoms with Crippen LogP contribution in [0.5, 0.6) is 0 Å². The maximum atomic E-state index is 11.9. The largest absolute Gasteiger partial charge is 0.353 e. The fourth-order valence-corrected chi connectivity index (χ4v) is 2.12. The molecule has 1 saturated heterocycles. The summed E-state index contributed by atoms with van der Waals surface area (Å²) in [6.45, 7) is 9.99. The van der Waals surface area contributed by atoms with Gasteiger partial charge in [0, 0.05) is 38.1 Å². The monoisotopic (exact) mass is 241 g/mol. The first kappa shape index (κ1) is 14.5. The molecule has 1 unspecified atom stereocenters. The molecule has 1 aliphatic heterocycles. The van der Waals surface area contributed by atoms with Gasteiger partial charge in [0.15, 0.2) is 0 Å². The molecule has 3 N–H and O–H groups in total. The standard InChI is InChI=1S/C13H27N3O/c1-10(2)11(3)13(17)15-12-4-7-16(8-5-12)9-6-14/h10-12H,4-9,14H2,1-3H3,(H,15,17). The lowest BCUT2D eigenvalue weighted by molar-refractivity contribution is -0.126. The molecule has 1 heterocycles. The molecule has 0 aromatic rings. The van der Waals surface area contributed by atoms with Crippen LogP contribution in [0.25, 0.3) is 0 Å². The summed E-state index contributed by atoms with van der Waals surface area (Å²) >= 11 is 0. The molecule has 1 atom stereocenters. The van der Waals surface area contributed by atoms with Crippen molar-refractivity contribution < 1.29 is 4.79 Å². The van der Waals surface area contributed by atoms with Crippen LogP contribution in [-0.2, 0) is 4.79 Å². The van der Waals surface area contributed by atoms with E-state index < -0.39 is 0 Å². The van der Waals surface area contributed by atoms with E-state index in [1.54, 1.807) is 0 Å². The van der Waals surface area contributed by atoms with Gasteiger partial charge in [0.2, 0.25) is 5.91 Å². The van der Waals surface area contributed by atoms with Crippen LogP contribution < -0.4 is 11.1 Å². The molecule has 17 heavy (non-hydrogen) atoms. The second-order valence-electron chi connectivity index (χ2n) is 5.45. The van der Waals surface area contributed by atoms with Crippen LogP contribution in [0.4, 0.5) is 0 Å². The smallest absolute Gasteiger partial charge is 0.223 e. The maximum absolute atomic E-state index is 11.9. The van der Waals surface area contributed by atoms with Gasteiger partial charge in [-0.1, -0.05) is 20.8 Å². The van der Waals surface area contributed by atoms with Crippen LogP contribution in [0.3, 0.4) is 0 Å².